The van der Waals surface area contributed by atoms with Crippen LogP contribution in [0.25, 0.3) is 28.0 Å². The maximum atomic E-state index is 7.27. The van der Waals surface area contributed by atoms with Crippen LogP contribution in [-0.2, 0) is 0 Å². The van der Waals surface area contributed by atoms with Crippen LogP contribution in [0.4, 0.5) is 0 Å². The number of nitrogens with two attached hydrogens (primary N) is 1. The molecule has 0 unspecified atom stereocenters. The molecule has 4 nitrogen and oxygen atoms in total. The van der Waals surface area contributed by atoms with Crippen LogP contribution in [0.1, 0.15) is 0 Å². The second kappa shape index (κ2) is 4.00. The summed E-state index contributed by atoms with van der Waals surface area (Å²) in [6.07, 6.45) is 6.97. The highest BCUT2D eigenvalue weighted by Crippen LogP contribution is 2.28. The van der Waals surface area contributed by atoms with Crippen molar-refractivity contribution in [2.45, 2.75) is 0 Å². The number of para-hydroxylation sites is 1. The second-order valence-corrected chi connectivity index (χ2v) is 4.05. The zero-order valence-electron chi connectivity index (χ0n) is 9.67. The first-order chi connectivity index (χ1) is 8.77. The van der Waals surface area contributed by atoms with E-state index in [0.717, 1.165) is 16.4 Å². The Kier molecular flexibility index (Phi) is 2.34. The SMILES string of the molecule is N=C(N)C=Cn1c2ccccc2c2ccncc21. The number of fused-ring (bicyclic) bond motifs is 3. The number of nitrogens with one attached hydrogen (secondary N) is 1. The van der Waals surface area contributed by atoms with Crippen molar-refractivity contribution in [3.05, 3.63) is 48.8 Å². The fourth-order valence-electron chi connectivity index (χ4n) is 2.16. The molecule has 0 aliphatic carbocycles. The number of hydrogen-bond acceptors (Lipinski definition) is 2. The average molecular weight is 236 g/mol. The summed E-state index contributed by atoms with van der Waals surface area (Å²) in [5.41, 5.74) is 7.46. The van der Waals surface area contributed by atoms with Crippen LogP contribution in [-0.4, -0.2) is 15.4 Å². The number of pyridine rings is 1. The summed E-state index contributed by atoms with van der Waals surface area (Å²) in [6.45, 7) is 0. The largest absolute Gasteiger partial charge is 0.384 e. The first-order valence-electron chi connectivity index (χ1n) is 5.62. The van der Waals surface area contributed by atoms with Gasteiger partial charge in [-0.3, -0.25) is 10.4 Å². The molecule has 2 aromatic heterocycles. The topological polar surface area (TPSA) is 67.7 Å². The van der Waals surface area contributed by atoms with Crippen molar-refractivity contribution >= 4 is 33.8 Å². The van der Waals surface area contributed by atoms with Crippen LogP contribution < -0.4 is 5.73 Å². The molecule has 1 aromatic carbocycles. The molecule has 0 radical (unpaired) electrons. The lowest BCUT2D eigenvalue weighted by Crippen LogP contribution is -2.04. The number of benzene rings is 1. The first kappa shape index (κ1) is 10.5. The third-order valence-corrected chi connectivity index (χ3v) is 2.92. The van der Waals surface area contributed by atoms with Gasteiger partial charge >= 0.3 is 0 Å². The van der Waals surface area contributed by atoms with Crippen LogP contribution in [0, 0.1) is 5.41 Å². The molecule has 0 saturated carbocycles. The van der Waals surface area contributed by atoms with E-state index in [9.17, 15) is 0 Å². The van der Waals surface area contributed by atoms with Gasteiger partial charge in [0.15, 0.2) is 0 Å². The molecule has 3 N–H and O–H groups in total. The van der Waals surface area contributed by atoms with Gasteiger partial charge in [0.1, 0.15) is 5.84 Å². The van der Waals surface area contributed by atoms with E-state index in [0.29, 0.717) is 0 Å². The monoisotopic (exact) mass is 236 g/mol. The fraction of sp³-hybridized carbons (Fsp3) is 0. The Bertz CT molecular complexity index is 714. The van der Waals surface area contributed by atoms with Crippen molar-refractivity contribution in [1.29, 1.82) is 5.41 Å². The van der Waals surface area contributed by atoms with E-state index in [-0.39, 0.29) is 5.84 Å². The standard InChI is InChI=1S/C14H12N4/c15-14(16)6-8-18-12-4-2-1-3-10(12)11-5-7-17-9-13(11)18/h1-9H,(H3,15,16). The molecule has 18 heavy (non-hydrogen) atoms. The lowest BCUT2D eigenvalue weighted by molar-refractivity contribution is 1.25. The summed E-state index contributed by atoms with van der Waals surface area (Å²) >= 11 is 0. The number of aromatic nitrogens is 2. The molecule has 0 aliphatic rings. The van der Waals surface area contributed by atoms with Crippen LogP contribution in [0.5, 0.6) is 0 Å². The predicted octanol–water partition coefficient (Wildman–Crippen LogP) is 2.60. The highest BCUT2D eigenvalue weighted by atomic mass is 15.0. The average Bonchev–Trinajstić information content (AvgIpc) is 2.71. The normalized spacial score (nSPS) is 11.6. The van der Waals surface area contributed by atoms with E-state index in [2.05, 4.69) is 11.1 Å². The van der Waals surface area contributed by atoms with E-state index in [1.165, 1.54) is 5.39 Å². The van der Waals surface area contributed by atoms with Crippen LogP contribution in [0.15, 0.2) is 48.8 Å². The summed E-state index contributed by atoms with van der Waals surface area (Å²) in [5, 5.41) is 9.59. The van der Waals surface area contributed by atoms with Gasteiger partial charge in [-0.15, -0.1) is 0 Å². The molecule has 3 aromatic rings. The number of rotatable bonds is 2. The van der Waals surface area contributed by atoms with Gasteiger partial charge in [-0.05, 0) is 18.2 Å². The number of amidine groups is 1. The van der Waals surface area contributed by atoms with Gasteiger partial charge in [0.25, 0.3) is 0 Å². The van der Waals surface area contributed by atoms with Gasteiger partial charge in [-0.1, -0.05) is 18.2 Å². The Morgan fingerprint density at radius 3 is 2.78 bits per heavy atom. The molecule has 0 bridgehead atoms. The molecule has 0 spiro atoms. The predicted molar refractivity (Wildman–Crippen MR) is 74.5 cm³/mol. The molecule has 3 rings (SSSR count). The van der Waals surface area contributed by atoms with Crippen LogP contribution >= 0.6 is 0 Å². The van der Waals surface area contributed by atoms with Crippen LogP contribution in [0.3, 0.4) is 0 Å². The summed E-state index contributed by atoms with van der Waals surface area (Å²) in [7, 11) is 0. The minimum absolute atomic E-state index is 0.0322. The zero-order valence-corrected chi connectivity index (χ0v) is 9.67. The molecule has 2 heterocycles. The van der Waals surface area contributed by atoms with Gasteiger partial charge in [0.05, 0.1) is 17.2 Å². The highest BCUT2D eigenvalue weighted by Gasteiger charge is 2.07. The molecular formula is C14H12N4. The molecule has 0 saturated heterocycles. The third kappa shape index (κ3) is 1.55. The van der Waals surface area contributed by atoms with E-state index >= 15 is 0 Å². The van der Waals surface area contributed by atoms with E-state index in [1.807, 2.05) is 35.0 Å². The molecular weight excluding hydrogens is 224 g/mol. The van der Waals surface area contributed by atoms with Crippen molar-refractivity contribution in [2.24, 2.45) is 5.73 Å². The van der Waals surface area contributed by atoms with Crippen molar-refractivity contribution in [3.8, 4) is 0 Å². The minimum Gasteiger partial charge on any atom is -0.384 e. The third-order valence-electron chi connectivity index (χ3n) is 2.92. The Morgan fingerprint density at radius 1 is 1.17 bits per heavy atom. The van der Waals surface area contributed by atoms with Crippen molar-refractivity contribution in [2.75, 3.05) is 0 Å². The molecule has 0 atom stereocenters. The Hall–Kier alpha value is -2.62. The fourth-order valence-corrected chi connectivity index (χ4v) is 2.16. The van der Waals surface area contributed by atoms with Crippen molar-refractivity contribution in [3.63, 3.8) is 0 Å². The molecule has 0 fully saturated rings. The lowest BCUT2D eigenvalue weighted by Gasteiger charge is -1.99. The number of nitrogens with zero attached hydrogens (tertiary/aromatic N) is 2. The minimum atomic E-state index is 0.0322. The van der Waals surface area contributed by atoms with E-state index in [4.69, 9.17) is 11.1 Å². The summed E-state index contributed by atoms with van der Waals surface area (Å²) < 4.78 is 2.00. The maximum absolute atomic E-state index is 7.27. The highest BCUT2D eigenvalue weighted by molar-refractivity contribution is 6.09. The smallest absolute Gasteiger partial charge is 0.116 e. The van der Waals surface area contributed by atoms with Crippen LogP contribution in [0.2, 0.25) is 0 Å². The van der Waals surface area contributed by atoms with Crippen molar-refractivity contribution in [1.82, 2.24) is 9.55 Å². The summed E-state index contributed by atoms with van der Waals surface area (Å²) in [4.78, 5) is 4.16. The molecule has 0 aliphatic heterocycles. The Labute approximate surface area is 104 Å². The molecule has 0 amide bonds. The van der Waals surface area contributed by atoms with E-state index < -0.39 is 0 Å². The Balaban J connectivity index is 2.41. The van der Waals surface area contributed by atoms with Gasteiger partial charge in [0.2, 0.25) is 0 Å². The van der Waals surface area contributed by atoms with Gasteiger partial charge in [0, 0.05) is 23.2 Å². The molecule has 4 heteroatoms. The van der Waals surface area contributed by atoms with Gasteiger partial charge in [-0.25, -0.2) is 0 Å². The second-order valence-electron chi connectivity index (χ2n) is 4.05. The molecule has 88 valence electrons. The number of hydrogen-bond donors (Lipinski definition) is 2. The first-order valence-corrected chi connectivity index (χ1v) is 5.62. The zero-order chi connectivity index (χ0) is 12.5. The maximum Gasteiger partial charge on any atom is 0.116 e. The van der Waals surface area contributed by atoms with E-state index in [1.54, 1.807) is 18.5 Å². The van der Waals surface area contributed by atoms with Gasteiger partial charge in [-0.2, -0.15) is 0 Å². The van der Waals surface area contributed by atoms with Gasteiger partial charge < -0.3 is 10.3 Å². The lowest BCUT2D eigenvalue weighted by atomic mass is 10.2. The van der Waals surface area contributed by atoms with Crippen molar-refractivity contribution < 1.29 is 0 Å². The summed E-state index contributed by atoms with van der Waals surface area (Å²) in [6, 6.07) is 10.1. The quantitative estimate of drug-likeness (QED) is 0.530. The summed E-state index contributed by atoms with van der Waals surface area (Å²) in [5.74, 6) is 0.0322. The Morgan fingerprint density at radius 2 is 1.94 bits per heavy atom.